The van der Waals surface area contributed by atoms with Crippen molar-refractivity contribution in [2.75, 3.05) is 6.26 Å². The molecule has 11 heavy (non-hydrogen) atoms. The van der Waals surface area contributed by atoms with Gasteiger partial charge in [0.2, 0.25) is 14.2 Å². The van der Waals surface area contributed by atoms with Crippen LogP contribution in [0.3, 0.4) is 0 Å². The Labute approximate surface area is 68.4 Å². The average Bonchev–Trinajstić information content (AvgIpc) is 2.32. The number of sulfone groups is 1. The topological polar surface area (TPSA) is 67.3 Å². The zero-order valence-electron chi connectivity index (χ0n) is 5.81. The van der Waals surface area contributed by atoms with E-state index in [1.807, 2.05) is 0 Å². The molecular weight excluding hydrogens is 186 g/mol. The summed E-state index contributed by atoms with van der Waals surface area (Å²) in [4.78, 5) is 3.68. The van der Waals surface area contributed by atoms with E-state index in [-0.39, 0.29) is 10.9 Å². The maximum atomic E-state index is 10.8. The Bertz CT molecular complexity index is 340. The minimum Gasteiger partial charge on any atom is -0.390 e. The summed E-state index contributed by atoms with van der Waals surface area (Å²) in [5.74, 6) is 0. The Morgan fingerprint density at radius 2 is 2.36 bits per heavy atom. The van der Waals surface area contributed by atoms with E-state index in [1.165, 1.54) is 5.38 Å². The average molecular weight is 193 g/mol. The molecule has 0 aliphatic heterocycles. The molecule has 6 heteroatoms. The molecule has 0 saturated carbocycles. The third-order valence-electron chi connectivity index (χ3n) is 1.01. The number of hydrogen-bond donors (Lipinski definition) is 1. The second-order valence-electron chi connectivity index (χ2n) is 2.04. The number of rotatable bonds is 2. The van der Waals surface area contributed by atoms with Crippen LogP contribution in [-0.4, -0.2) is 24.8 Å². The molecule has 0 aliphatic carbocycles. The molecule has 0 atom stereocenters. The lowest BCUT2D eigenvalue weighted by atomic mass is 10.5. The van der Waals surface area contributed by atoms with Crippen molar-refractivity contribution in [2.45, 2.75) is 10.9 Å². The predicted molar refractivity (Wildman–Crippen MR) is 41.1 cm³/mol. The van der Waals surface area contributed by atoms with Gasteiger partial charge in [-0.2, -0.15) is 0 Å². The van der Waals surface area contributed by atoms with Gasteiger partial charge in [-0.3, -0.25) is 0 Å². The molecule has 0 spiro atoms. The molecular formula is C5H7NO3S2. The van der Waals surface area contributed by atoms with Gasteiger partial charge in [0.05, 0.1) is 12.3 Å². The molecule has 0 saturated heterocycles. The van der Waals surface area contributed by atoms with Gasteiger partial charge in [-0.15, -0.1) is 11.3 Å². The zero-order valence-corrected chi connectivity index (χ0v) is 7.44. The second-order valence-corrected chi connectivity index (χ2v) is 5.08. The van der Waals surface area contributed by atoms with Crippen LogP contribution in [0.1, 0.15) is 5.69 Å². The quantitative estimate of drug-likeness (QED) is 0.720. The summed E-state index contributed by atoms with van der Waals surface area (Å²) in [5.41, 5.74) is 0.399. The predicted octanol–water partition coefficient (Wildman–Crippen LogP) is 0.0389. The molecule has 0 radical (unpaired) electrons. The van der Waals surface area contributed by atoms with Gasteiger partial charge in [0, 0.05) is 11.6 Å². The minimum atomic E-state index is -3.20. The highest BCUT2D eigenvalue weighted by molar-refractivity contribution is 7.92. The van der Waals surface area contributed by atoms with Crippen molar-refractivity contribution in [3.63, 3.8) is 0 Å². The Kier molecular flexibility index (Phi) is 2.26. The van der Waals surface area contributed by atoms with Crippen LogP contribution in [0.2, 0.25) is 0 Å². The van der Waals surface area contributed by atoms with Crippen molar-refractivity contribution in [3.8, 4) is 0 Å². The molecule has 0 aromatic carbocycles. The molecule has 4 nitrogen and oxygen atoms in total. The number of aromatic nitrogens is 1. The van der Waals surface area contributed by atoms with E-state index in [1.54, 1.807) is 0 Å². The monoisotopic (exact) mass is 193 g/mol. The van der Waals surface area contributed by atoms with Crippen LogP contribution < -0.4 is 0 Å². The first-order valence-electron chi connectivity index (χ1n) is 2.79. The third kappa shape index (κ3) is 1.98. The van der Waals surface area contributed by atoms with E-state index in [9.17, 15) is 8.42 Å². The Balaban J connectivity index is 3.09. The van der Waals surface area contributed by atoms with E-state index in [4.69, 9.17) is 5.11 Å². The summed E-state index contributed by atoms with van der Waals surface area (Å²) in [6, 6.07) is 0. The fourth-order valence-corrected chi connectivity index (χ4v) is 2.19. The largest absolute Gasteiger partial charge is 0.390 e. The smallest absolute Gasteiger partial charge is 0.209 e. The number of thiazole rings is 1. The van der Waals surface area contributed by atoms with Crippen molar-refractivity contribution in [2.24, 2.45) is 0 Å². The van der Waals surface area contributed by atoms with E-state index < -0.39 is 9.84 Å². The lowest BCUT2D eigenvalue weighted by molar-refractivity contribution is 0.277. The number of aliphatic hydroxyl groups excluding tert-OH is 1. The summed E-state index contributed by atoms with van der Waals surface area (Å²) >= 11 is 1.02. The molecule has 62 valence electrons. The van der Waals surface area contributed by atoms with Crippen LogP contribution in [0.4, 0.5) is 0 Å². The molecule has 0 fully saturated rings. The van der Waals surface area contributed by atoms with Crippen LogP contribution in [-0.2, 0) is 16.4 Å². The Hall–Kier alpha value is -0.460. The van der Waals surface area contributed by atoms with E-state index in [2.05, 4.69) is 4.98 Å². The highest BCUT2D eigenvalue weighted by atomic mass is 32.2. The number of aliphatic hydroxyl groups is 1. The van der Waals surface area contributed by atoms with Crippen LogP contribution in [0, 0.1) is 0 Å². The van der Waals surface area contributed by atoms with Gasteiger partial charge >= 0.3 is 0 Å². The molecule has 1 aromatic rings. The molecule has 1 heterocycles. The third-order valence-corrected chi connectivity index (χ3v) is 3.62. The highest BCUT2D eigenvalue weighted by Crippen LogP contribution is 2.14. The van der Waals surface area contributed by atoms with Crippen LogP contribution in [0.15, 0.2) is 9.72 Å². The van der Waals surface area contributed by atoms with Crippen molar-refractivity contribution in [3.05, 3.63) is 11.1 Å². The van der Waals surface area contributed by atoms with Crippen molar-refractivity contribution >= 4 is 21.2 Å². The standard InChI is InChI=1S/C5H7NO3S2/c1-11(8,9)5-6-4(2-7)3-10-5/h3,7H,2H2,1H3. The van der Waals surface area contributed by atoms with Gasteiger partial charge in [-0.25, -0.2) is 13.4 Å². The summed E-state index contributed by atoms with van der Waals surface area (Å²) in [5, 5.41) is 10.1. The van der Waals surface area contributed by atoms with Gasteiger partial charge in [-0.05, 0) is 0 Å². The molecule has 1 aromatic heterocycles. The van der Waals surface area contributed by atoms with Gasteiger partial charge in [0.1, 0.15) is 0 Å². The van der Waals surface area contributed by atoms with E-state index in [0.717, 1.165) is 17.6 Å². The first-order chi connectivity index (χ1) is 5.04. The fraction of sp³-hybridized carbons (Fsp3) is 0.400. The Morgan fingerprint density at radius 1 is 1.73 bits per heavy atom. The van der Waals surface area contributed by atoms with Crippen LogP contribution in [0.5, 0.6) is 0 Å². The summed E-state index contributed by atoms with van der Waals surface area (Å²) < 4.78 is 21.7. The van der Waals surface area contributed by atoms with Gasteiger partial charge in [0.15, 0.2) is 0 Å². The normalized spacial score (nSPS) is 11.8. The zero-order chi connectivity index (χ0) is 8.48. The Morgan fingerprint density at radius 3 is 2.64 bits per heavy atom. The molecule has 0 aliphatic rings. The molecule has 0 unspecified atom stereocenters. The number of hydrogen-bond acceptors (Lipinski definition) is 5. The SMILES string of the molecule is CS(=O)(=O)c1nc(CO)cs1. The van der Waals surface area contributed by atoms with Gasteiger partial charge in [-0.1, -0.05) is 0 Å². The lowest BCUT2D eigenvalue weighted by Crippen LogP contribution is -1.96. The van der Waals surface area contributed by atoms with Crippen LogP contribution >= 0.6 is 11.3 Å². The molecule has 1 rings (SSSR count). The summed E-state index contributed by atoms with van der Waals surface area (Å²) in [6.45, 7) is -0.216. The molecule has 0 amide bonds. The first-order valence-corrected chi connectivity index (χ1v) is 5.56. The number of nitrogens with zero attached hydrogens (tertiary/aromatic N) is 1. The summed E-state index contributed by atoms with van der Waals surface area (Å²) in [6.07, 6.45) is 1.09. The van der Waals surface area contributed by atoms with E-state index >= 15 is 0 Å². The van der Waals surface area contributed by atoms with E-state index in [0.29, 0.717) is 5.69 Å². The lowest BCUT2D eigenvalue weighted by Gasteiger charge is -1.87. The second kappa shape index (κ2) is 2.88. The highest BCUT2D eigenvalue weighted by Gasteiger charge is 2.11. The van der Waals surface area contributed by atoms with Gasteiger partial charge < -0.3 is 5.11 Å². The van der Waals surface area contributed by atoms with Crippen molar-refractivity contribution in [1.29, 1.82) is 0 Å². The van der Waals surface area contributed by atoms with Gasteiger partial charge in [0.25, 0.3) is 0 Å². The first kappa shape index (κ1) is 8.63. The maximum absolute atomic E-state index is 10.8. The minimum absolute atomic E-state index is 0.0570. The van der Waals surface area contributed by atoms with Crippen molar-refractivity contribution in [1.82, 2.24) is 4.98 Å². The maximum Gasteiger partial charge on any atom is 0.209 e. The molecule has 1 N–H and O–H groups in total. The van der Waals surface area contributed by atoms with Crippen LogP contribution in [0.25, 0.3) is 0 Å². The van der Waals surface area contributed by atoms with Crippen molar-refractivity contribution < 1.29 is 13.5 Å². The fourth-order valence-electron chi connectivity index (χ4n) is 0.531. The summed E-state index contributed by atoms with van der Waals surface area (Å²) in [7, 11) is -3.20. The molecule has 0 bridgehead atoms.